The number of para-hydroxylation sites is 1. The van der Waals surface area contributed by atoms with Crippen molar-refractivity contribution in [2.45, 2.75) is 32.1 Å². The Hall–Kier alpha value is -2.62. The molecule has 0 spiro atoms. The highest BCUT2D eigenvalue weighted by Crippen LogP contribution is 2.20. The Bertz CT molecular complexity index is 773. The van der Waals surface area contributed by atoms with Gasteiger partial charge in [-0.2, -0.15) is 13.2 Å². The Morgan fingerprint density at radius 2 is 2.07 bits per heavy atom. The highest BCUT2D eigenvalue weighted by molar-refractivity contribution is 5.80. The van der Waals surface area contributed by atoms with Gasteiger partial charge >= 0.3 is 6.18 Å². The van der Waals surface area contributed by atoms with E-state index < -0.39 is 12.7 Å². The molecule has 1 saturated heterocycles. The van der Waals surface area contributed by atoms with Crippen LogP contribution in [0.1, 0.15) is 19.2 Å². The molecule has 1 aromatic carbocycles. The average molecular weight is 395 g/mol. The van der Waals surface area contributed by atoms with E-state index in [1.54, 1.807) is 6.33 Å². The lowest BCUT2D eigenvalue weighted by atomic mass is 10.3. The molecule has 28 heavy (non-hydrogen) atoms. The maximum Gasteiger partial charge on any atom is 0.401 e. The fourth-order valence-electron chi connectivity index (χ4n) is 3.18. The Kier molecular flexibility index (Phi) is 6.50. The molecule has 1 unspecified atom stereocenters. The lowest BCUT2D eigenvalue weighted by molar-refractivity contribution is -0.143. The minimum Gasteiger partial charge on any atom is -0.357 e. The maximum absolute atomic E-state index is 12.6. The van der Waals surface area contributed by atoms with Crippen molar-refractivity contribution in [1.29, 1.82) is 0 Å². The molecule has 1 aliphatic heterocycles. The Morgan fingerprint density at radius 1 is 1.29 bits per heavy atom. The van der Waals surface area contributed by atoms with Gasteiger partial charge in [-0.3, -0.25) is 9.47 Å². The van der Waals surface area contributed by atoms with Crippen LogP contribution >= 0.6 is 0 Å². The minimum atomic E-state index is -4.17. The number of alkyl halides is 3. The van der Waals surface area contributed by atoms with Crippen LogP contribution in [-0.2, 0) is 6.54 Å². The largest absolute Gasteiger partial charge is 0.401 e. The van der Waals surface area contributed by atoms with Crippen LogP contribution in [0.25, 0.3) is 5.69 Å². The van der Waals surface area contributed by atoms with Crippen LogP contribution in [0.15, 0.2) is 41.7 Å². The molecule has 3 rings (SSSR count). The molecule has 2 heterocycles. The Labute approximate surface area is 161 Å². The number of benzene rings is 1. The highest BCUT2D eigenvalue weighted by atomic mass is 19.4. The average Bonchev–Trinajstić information content (AvgIpc) is 3.28. The van der Waals surface area contributed by atoms with Crippen molar-refractivity contribution in [2.75, 3.05) is 26.2 Å². The smallest absolute Gasteiger partial charge is 0.357 e. The number of guanidine groups is 1. The van der Waals surface area contributed by atoms with Gasteiger partial charge in [0.1, 0.15) is 12.9 Å². The number of rotatable bonds is 6. The van der Waals surface area contributed by atoms with E-state index in [1.165, 1.54) is 4.90 Å². The van der Waals surface area contributed by atoms with Crippen molar-refractivity contribution >= 4 is 5.96 Å². The third-order valence-electron chi connectivity index (χ3n) is 4.39. The third-order valence-corrected chi connectivity index (χ3v) is 4.39. The summed E-state index contributed by atoms with van der Waals surface area (Å²) in [7, 11) is 0. The molecular formula is C18H24F3N7. The molecule has 0 amide bonds. The number of likely N-dealkylation sites (tertiary alicyclic amines) is 1. The number of halogens is 3. The van der Waals surface area contributed by atoms with Gasteiger partial charge in [-0.05, 0) is 25.5 Å². The van der Waals surface area contributed by atoms with E-state index in [4.69, 9.17) is 0 Å². The molecular weight excluding hydrogens is 371 g/mol. The lowest BCUT2D eigenvalue weighted by Gasteiger charge is -2.19. The number of aromatic nitrogens is 3. The van der Waals surface area contributed by atoms with Crippen molar-refractivity contribution in [1.82, 2.24) is 30.3 Å². The van der Waals surface area contributed by atoms with E-state index in [9.17, 15) is 13.2 Å². The zero-order valence-electron chi connectivity index (χ0n) is 15.7. The summed E-state index contributed by atoms with van der Waals surface area (Å²) < 4.78 is 39.5. The summed E-state index contributed by atoms with van der Waals surface area (Å²) in [6.07, 6.45) is -1.90. The number of hydrogen-bond acceptors (Lipinski definition) is 4. The van der Waals surface area contributed by atoms with Gasteiger partial charge in [0.05, 0.1) is 6.54 Å². The third kappa shape index (κ3) is 5.69. The lowest BCUT2D eigenvalue weighted by Crippen LogP contribution is -2.45. The fourth-order valence-corrected chi connectivity index (χ4v) is 3.18. The second-order valence-corrected chi connectivity index (χ2v) is 6.63. The summed E-state index contributed by atoms with van der Waals surface area (Å²) in [4.78, 5) is 5.95. The van der Waals surface area contributed by atoms with Gasteiger partial charge in [0.25, 0.3) is 0 Å². The van der Waals surface area contributed by atoms with Crippen LogP contribution in [0.4, 0.5) is 13.2 Å². The number of nitrogens with one attached hydrogen (secondary N) is 2. The SMILES string of the molecule is CCNC(=NCc1nncn1-c1ccccc1)NC1CCN(CC(F)(F)F)C1. The molecule has 0 bridgehead atoms. The van der Waals surface area contributed by atoms with Gasteiger partial charge in [-0.1, -0.05) is 18.2 Å². The van der Waals surface area contributed by atoms with Crippen LogP contribution < -0.4 is 10.6 Å². The molecule has 1 fully saturated rings. The molecule has 2 aromatic rings. The second-order valence-electron chi connectivity index (χ2n) is 6.63. The zero-order valence-corrected chi connectivity index (χ0v) is 15.7. The topological polar surface area (TPSA) is 70.4 Å². The van der Waals surface area contributed by atoms with Gasteiger partial charge in [0.15, 0.2) is 11.8 Å². The Morgan fingerprint density at radius 3 is 2.79 bits per heavy atom. The predicted octanol–water partition coefficient (Wildman–Crippen LogP) is 1.96. The first-order chi connectivity index (χ1) is 13.4. The van der Waals surface area contributed by atoms with E-state index in [2.05, 4.69) is 25.8 Å². The molecule has 10 heteroatoms. The molecule has 152 valence electrons. The number of nitrogens with zero attached hydrogens (tertiary/aromatic N) is 5. The monoisotopic (exact) mass is 395 g/mol. The summed E-state index contributed by atoms with van der Waals surface area (Å²) in [5.41, 5.74) is 0.939. The van der Waals surface area contributed by atoms with Crippen molar-refractivity contribution < 1.29 is 13.2 Å². The molecule has 1 aliphatic rings. The molecule has 0 saturated carbocycles. The van der Waals surface area contributed by atoms with Crippen LogP contribution in [0.3, 0.4) is 0 Å². The highest BCUT2D eigenvalue weighted by Gasteiger charge is 2.34. The van der Waals surface area contributed by atoms with Gasteiger partial charge in [-0.25, -0.2) is 4.99 Å². The quantitative estimate of drug-likeness (QED) is 0.578. The van der Waals surface area contributed by atoms with Crippen LogP contribution in [-0.4, -0.2) is 64.0 Å². The first kappa shape index (κ1) is 20.1. The summed E-state index contributed by atoms with van der Waals surface area (Å²) in [6.45, 7) is 2.76. The number of hydrogen-bond donors (Lipinski definition) is 2. The van der Waals surface area contributed by atoms with E-state index in [-0.39, 0.29) is 6.04 Å². The van der Waals surface area contributed by atoms with Crippen LogP contribution in [0.2, 0.25) is 0 Å². The number of aliphatic imine (C=N–C) groups is 1. The molecule has 1 atom stereocenters. The van der Waals surface area contributed by atoms with Gasteiger partial charge in [0.2, 0.25) is 0 Å². The summed E-state index contributed by atoms with van der Waals surface area (Å²) in [6, 6.07) is 9.62. The fraction of sp³-hybridized carbons (Fsp3) is 0.500. The zero-order chi connectivity index (χ0) is 20.0. The van der Waals surface area contributed by atoms with E-state index in [1.807, 2.05) is 41.8 Å². The van der Waals surface area contributed by atoms with Gasteiger partial charge in [-0.15, -0.1) is 10.2 Å². The molecule has 0 aliphatic carbocycles. The van der Waals surface area contributed by atoms with Crippen molar-refractivity contribution in [3.63, 3.8) is 0 Å². The molecule has 0 radical (unpaired) electrons. The minimum absolute atomic E-state index is 0.0767. The van der Waals surface area contributed by atoms with E-state index >= 15 is 0 Å². The summed E-state index contributed by atoms with van der Waals surface area (Å²) in [5, 5.41) is 14.4. The van der Waals surface area contributed by atoms with E-state index in [0.717, 1.165) is 5.69 Å². The molecule has 2 N–H and O–H groups in total. The maximum atomic E-state index is 12.6. The predicted molar refractivity (Wildman–Crippen MR) is 100 cm³/mol. The first-order valence-electron chi connectivity index (χ1n) is 9.23. The van der Waals surface area contributed by atoms with E-state index in [0.29, 0.717) is 44.4 Å². The first-order valence-corrected chi connectivity index (χ1v) is 9.23. The Balaban J connectivity index is 1.62. The van der Waals surface area contributed by atoms with Crippen molar-refractivity contribution in [2.24, 2.45) is 4.99 Å². The summed E-state index contributed by atoms with van der Waals surface area (Å²) in [5.74, 6) is 1.23. The van der Waals surface area contributed by atoms with Crippen molar-refractivity contribution in [3.05, 3.63) is 42.5 Å². The van der Waals surface area contributed by atoms with Crippen LogP contribution in [0, 0.1) is 0 Å². The van der Waals surface area contributed by atoms with Crippen LogP contribution in [0.5, 0.6) is 0 Å². The second kappa shape index (κ2) is 9.05. The van der Waals surface area contributed by atoms with Gasteiger partial charge < -0.3 is 10.6 Å². The van der Waals surface area contributed by atoms with Gasteiger partial charge in [0, 0.05) is 31.4 Å². The van der Waals surface area contributed by atoms with Crippen molar-refractivity contribution in [3.8, 4) is 5.69 Å². The normalized spacial score (nSPS) is 18.4. The molecule has 1 aromatic heterocycles. The molecule has 7 nitrogen and oxygen atoms in total. The summed E-state index contributed by atoms with van der Waals surface area (Å²) >= 11 is 0. The standard InChI is InChI=1S/C18H24F3N7/c1-2-22-17(25-14-8-9-27(11-14)12-18(19,20)21)23-10-16-26-24-13-28(16)15-6-4-3-5-7-15/h3-7,13-14H,2,8-12H2,1H3,(H2,22,23,25).